The number of carbonyl (C=O) groups excluding carboxylic acids is 1. The number of hydrogen-bond donors (Lipinski definition) is 2. The highest BCUT2D eigenvalue weighted by Crippen LogP contribution is 2.22. The zero-order valence-electron chi connectivity index (χ0n) is 13.4. The largest absolute Gasteiger partial charge is 0.347 e. The molecule has 5 nitrogen and oxygen atoms in total. The number of para-hydroxylation sites is 1. The highest BCUT2D eigenvalue weighted by Gasteiger charge is 2.09. The molecule has 0 radical (unpaired) electrons. The normalized spacial score (nSPS) is 11.1. The van der Waals surface area contributed by atoms with E-state index in [1.807, 2.05) is 32.2 Å². The van der Waals surface area contributed by atoms with Crippen molar-refractivity contribution in [3.8, 4) is 0 Å². The van der Waals surface area contributed by atoms with Crippen molar-refractivity contribution in [1.82, 2.24) is 9.99 Å². The van der Waals surface area contributed by atoms with E-state index in [1.54, 1.807) is 30.5 Å². The molecule has 0 atom stereocenters. The SMILES string of the molecule is Cc1c(/C=N\NC(=O)Nc2ccc(Cl)cc2)c2ccccc2n1C. The molecule has 2 amide bonds. The number of rotatable bonds is 3. The van der Waals surface area contributed by atoms with Crippen molar-refractivity contribution >= 4 is 40.4 Å². The summed E-state index contributed by atoms with van der Waals surface area (Å²) in [5, 5.41) is 8.45. The molecule has 0 unspecified atom stereocenters. The summed E-state index contributed by atoms with van der Waals surface area (Å²) >= 11 is 5.81. The molecule has 1 heterocycles. The van der Waals surface area contributed by atoms with Crippen LogP contribution >= 0.6 is 11.6 Å². The van der Waals surface area contributed by atoms with E-state index >= 15 is 0 Å². The van der Waals surface area contributed by atoms with Gasteiger partial charge in [-0.05, 0) is 37.3 Å². The van der Waals surface area contributed by atoms with Crippen molar-refractivity contribution in [1.29, 1.82) is 0 Å². The van der Waals surface area contributed by atoms with Gasteiger partial charge in [0.15, 0.2) is 0 Å². The predicted molar refractivity (Wildman–Crippen MR) is 98.9 cm³/mol. The molecule has 3 rings (SSSR count). The average Bonchev–Trinajstić information content (AvgIpc) is 2.82. The van der Waals surface area contributed by atoms with Crippen molar-refractivity contribution in [2.24, 2.45) is 12.1 Å². The maximum atomic E-state index is 11.9. The van der Waals surface area contributed by atoms with E-state index in [0.29, 0.717) is 10.7 Å². The first kappa shape index (κ1) is 16.1. The van der Waals surface area contributed by atoms with Crippen LogP contribution in [0.1, 0.15) is 11.3 Å². The van der Waals surface area contributed by atoms with Crippen LogP contribution in [0, 0.1) is 6.92 Å². The lowest BCUT2D eigenvalue weighted by Crippen LogP contribution is -2.24. The fraction of sp³-hybridized carbons (Fsp3) is 0.111. The van der Waals surface area contributed by atoms with Crippen molar-refractivity contribution in [3.05, 3.63) is 64.8 Å². The second kappa shape index (κ2) is 6.76. The van der Waals surface area contributed by atoms with Crippen molar-refractivity contribution in [3.63, 3.8) is 0 Å². The molecule has 2 N–H and O–H groups in total. The number of hydrogen-bond acceptors (Lipinski definition) is 2. The van der Waals surface area contributed by atoms with Crippen molar-refractivity contribution in [2.45, 2.75) is 6.92 Å². The van der Waals surface area contributed by atoms with E-state index in [0.717, 1.165) is 22.2 Å². The lowest BCUT2D eigenvalue weighted by molar-refractivity contribution is 0.252. The minimum Gasteiger partial charge on any atom is -0.347 e. The van der Waals surface area contributed by atoms with Crippen LogP contribution < -0.4 is 10.7 Å². The maximum Gasteiger partial charge on any atom is 0.339 e. The number of anilines is 1. The number of aromatic nitrogens is 1. The van der Waals surface area contributed by atoms with Gasteiger partial charge >= 0.3 is 6.03 Å². The first-order chi connectivity index (χ1) is 11.6. The first-order valence-corrected chi connectivity index (χ1v) is 7.83. The smallest absolute Gasteiger partial charge is 0.339 e. The predicted octanol–water partition coefficient (Wildman–Crippen LogP) is 4.30. The van der Waals surface area contributed by atoms with Gasteiger partial charge in [0.1, 0.15) is 0 Å². The molecule has 0 aliphatic heterocycles. The molecular weight excluding hydrogens is 324 g/mol. The number of urea groups is 1. The number of aryl methyl sites for hydroxylation is 1. The van der Waals surface area contributed by atoms with E-state index in [2.05, 4.69) is 26.5 Å². The summed E-state index contributed by atoms with van der Waals surface area (Å²) in [6, 6.07) is 14.5. The minimum absolute atomic E-state index is 0.411. The number of hydrazone groups is 1. The summed E-state index contributed by atoms with van der Waals surface area (Å²) in [6.07, 6.45) is 1.67. The van der Waals surface area contributed by atoms with Gasteiger partial charge in [0.2, 0.25) is 0 Å². The third-order valence-electron chi connectivity index (χ3n) is 3.91. The van der Waals surface area contributed by atoms with Crippen LogP contribution in [0.5, 0.6) is 0 Å². The quantitative estimate of drug-likeness (QED) is 0.542. The van der Waals surface area contributed by atoms with Crippen molar-refractivity contribution in [2.75, 3.05) is 5.32 Å². The molecule has 1 aromatic heterocycles. The Balaban J connectivity index is 1.71. The molecule has 0 saturated heterocycles. The minimum atomic E-state index is -0.411. The van der Waals surface area contributed by atoms with Gasteiger partial charge in [-0.1, -0.05) is 29.8 Å². The summed E-state index contributed by atoms with van der Waals surface area (Å²) < 4.78 is 2.10. The van der Waals surface area contributed by atoms with Gasteiger partial charge in [0.25, 0.3) is 0 Å². The Bertz CT molecular complexity index is 913. The number of amides is 2. The van der Waals surface area contributed by atoms with Crippen LogP contribution in [0.2, 0.25) is 5.02 Å². The monoisotopic (exact) mass is 340 g/mol. The summed E-state index contributed by atoms with van der Waals surface area (Å²) in [7, 11) is 2.01. The Kier molecular flexibility index (Phi) is 4.53. The summed E-state index contributed by atoms with van der Waals surface area (Å²) in [5.41, 5.74) is 6.32. The molecular formula is C18H17ClN4O. The molecule has 6 heteroatoms. The van der Waals surface area contributed by atoms with E-state index in [-0.39, 0.29) is 0 Å². The number of carbonyl (C=O) groups is 1. The van der Waals surface area contributed by atoms with Crippen molar-refractivity contribution < 1.29 is 4.79 Å². The van der Waals surface area contributed by atoms with Gasteiger partial charge in [-0.2, -0.15) is 5.10 Å². The molecule has 2 aromatic carbocycles. The lowest BCUT2D eigenvalue weighted by Gasteiger charge is -2.03. The standard InChI is InChI=1S/C18H17ClN4O/c1-12-16(15-5-3-4-6-17(15)23(12)2)11-20-22-18(24)21-14-9-7-13(19)8-10-14/h3-11H,1-2H3,(H2,21,22,24)/b20-11-. The number of fused-ring (bicyclic) bond motifs is 1. The molecule has 0 fully saturated rings. The fourth-order valence-corrected chi connectivity index (χ4v) is 2.69. The van der Waals surface area contributed by atoms with Crippen LogP contribution in [0.4, 0.5) is 10.5 Å². The number of halogens is 1. The van der Waals surface area contributed by atoms with E-state index in [1.165, 1.54) is 0 Å². The second-order valence-corrected chi connectivity index (χ2v) is 5.84. The van der Waals surface area contributed by atoms with E-state index < -0.39 is 6.03 Å². The van der Waals surface area contributed by atoms with Gasteiger partial charge in [-0.25, -0.2) is 10.2 Å². The molecule has 0 aliphatic carbocycles. The summed E-state index contributed by atoms with van der Waals surface area (Å²) in [6.45, 7) is 2.02. The Morgan fingerprint density at radius 1 is 1.17 bits per heavy atom. The van der Waals surface area contributed by atoms with Crippen LogP contribution in [-0.2, 0) is 7.05 Å². The Labute approximate surface area is 144 Å². The van der Waals surface area contributed by atoms with Crippen LogP contribution in [0.3, 0.4) is 0 Å². The van der Waals surface area contributed by atoms with E-state index in [4.69, 9.17) is 11.6 Å². The fourth-order valence-electron chi connectivity index (χ4n) is 2.56. The van der Waals surface area contributed by atoms with Gasteiger partial charge < -0.3 is 9.88 Å². The van der Waals surface area contributed by atoms with Crippen LogP contribution in [0.15, 0.2) is 53.6 Å². The average molecular weight is 341 g/mol. The maximum absolute atomic E-state index is 11.9. The Morgan fingerprint density at radius 2 is 1.88 bits per heavy atom. The summed E-state index contributed by atoms with van der Waals surface area (Å²) in [4.78, 5) is 11.9. The summed E-state index contributed by atoms with van der Waals surface area (Å²) in [5.74, 6) is 0. The van der Waals surface area contributed by atoms with Crippen LogP contribution in [-0.4, -0.2) is 16.8 Å². The highest BCUT2D eigenvalue weighted by molar-refractivity contribution is 6.30. The molecule has 0 bridgehead atoms. The topological polar surface area (TPSA) is 58.4 Å². The first-order valence-electron chi connectivity index (χ1n) is 7.46. The molecule has 24 heavy (non-hydrogen) atoms. The highest BCUT2D eigenvalue weighted by atomic mass is 35.5. The Morgan fingerprint density at radius 3 is 2.62 bits per heavy atom. The van der Waals surface area contributed by atoms with Gasteiger partial charge in [0, 0.05) is 39.9 Å². The molecule has 0 saturated carbocycles. The molecule has 3 aromatic rings. The van der Waals surface area contributed by atoms with Crippen LogP contribution in [0.25, 0.3) is 10.9 Å². The number of nitrogens with zero attached hydrogens (tertiary/aromatic N) is 2. The van der Waals surface area contributed by atoms with Gasteiger partial charge in [-0.15, -0.1) is 0 Å². The zero-order chi connectivity index (χ0) is 17.1. The van der Waals surface area contributed by atoms with E-state index in [9.17, 15) is 4.79 Å². The third kappa shape index (κ3) is 3.26. The zero-order valence-corrected chi connectivity index (χ0v) is 14.1. The second-order valence-electron chi connectivity index (χ2n) is 5.41. The molecule has 0 aliphatic rings. The van der Waals surface area contributed by atoms with Gasteiger partial charge in [0.05, 0.1) is 6.21 Å². The number of nitrogens with one attached hydrogen (secondary N) is 2. The molecule has 122 valence electrons. The molecule has 0 spiro atoms. The van der Waals surface area contributed by atoms with Gasteiger partial charge in [-0.3, -0.25) is 0 Å². The third-order valence-corrected chi connectivity index (χ3v) is 4.16. The Hall–Kier alpha value is -2.79. The lowest BCUT2D eigenvalue weighted by atomic mass is 10.1. The number of benzene rings is 2.